The van der Waals surface area contributed by atoms with E-state index >= 15 is 0 Å². The van der Waals surface area contributed by atoms with Crippen LogP contribution in [0.1, 0.15) is 35.3 Å². The van der Waals surface area contributed by atoms with Gasteiger partial charge in [0.05, 0.1) is 5.92 Å². The van der Waals surface area contributed by atoms with Crippen molar-refractivity contribution in [3.05, 3.63) is 54.0 Å². The van der Waals surface area contributed by atoms with Crippen molar-refractivity contribution in [2.45, 2.75) is 19.3 Å². The van der Waals surface area contributed by atoms with E-state index in [1.807, 2.05) is 37.3 Å². The molecule has 2 rings (SSSR count). The highest BCUT2D eigenvalue weighted by molar-refractivity contribution is 6.00. The molecule has 108 valence electrons. The lowest BCUT2D eigenvalue weighted by atomic mass is 9.96. The van der Waals surface area contributed by atoms with Crippen LogP contribution in [-0.4, -0.2) is 27.0 Å². The van der Waals surface area contributed by atoms with E-state index in [1.54, 1.807) is 0 Å². The summed E-state index contributed by atoms with van der Waals surface area (Å²) in [7, 11) is 0. The Hall–Kier alpha value is -2.76. The van der Waals surface area contributed by atoms with Crippen LogP contribution in [0.2, 0.25) is 0 Å². The average Bonchev–Trinajstić information content (AvgIpc) is 2.49. The Morgan fingerprint density at radius 2 is 1.86 bits per heavy atom. The minimum absolute atomic E-state index is 0.0376. The van der Waals surface area contributed by atoms with Gasteiger partial charge in [-0.05, 0) is 12.0 Å². The van der Waals surface area contributed by atoms with E-state index in [-0.39, 0.29) is 23.3 Å². The molecule has 2 aromatic rings. The first-order chi connectivity index (χ1) is 10.1. The maximum Gasteiger partial charge on any atom is 0.358 e. The van der Waals surface area contributed by atoms with Crippen molar-refractivity contribution < 1.29 is 14.7 Å². The number of carbonyl (C=O) groups is 2. The van der Waals surface area contributed by atoms with Crippen LogP contribution in [0, 0.1) is 0 Å². The van der Waals surface area contributed by atoms with Crippen LogP contribution in [0.25, 0.3) is 0 Å². The highest BCUT2D eigenvalue weighted by atomic mass is 16.4. The average molecular weight is 285 g/mol. The highest BCUT2D eigenvalue weighted by Gasteiger charge is 2.21. The molecule has 0 spiro atoms. The van der Waals surface area contributed by atoms with Gasteiger partial charge in [0, 0.05) is 12.4 Å². The lowest BCUT2D eigenvalue weighted by molar-refractivity contribution is -0.117. The van der Waals surface area contributed by atoms with Gasteiger partial charge in [0.2, 0.25) is 5.91 Å². The summed E-state index contributed by atoms with van der Waals surface area (Å²) in [5, 5.41) is 11.6. The van der Waals surface area contributed by atoms with E-state index in [0.717, 1.165) is 5.56 Å². The number of rotatable bonds is 5. The van der Waals surface area contributed by atoms with Crippen molar-refractivity contribution in [2.24, 2.45) is 0 Å². The standard InChI is InChI=1S/C15H15N3O3/c1-2-11(10-6-4-3-5-7-10)14(19)18-13-12(15(20)21)16-8-9-17-13/h3-9,11H,2H2,1H3,(H,20,21)(H,17,18,19). The zero-order valence-corrected chi connectivity index (χ0v) is 11.5. The number of hydrogen-bond acceptors (Lipinski definition) is 4. The zero-order valence-electron chi connectivity index (χ0n) is 11.5. The molecule has 0 saturated heterocycles. The Balaban J connectivity index is 2.23. The maximum atomic E-state index is 12.3. The minimum atomic E-state index is -1.23. The summed E-state index contributed by atoms with van der Waals surface area (Å²) in [4.78, 5) is 31.0. The van der Waals surface area contributed by atoms with Gasteiger partial charge in [-0.1, -0.05) is 37.3 Å². The van der Waals surface area contributed by atoms with E-state index in [4.69, 9.17) is 5.11 Å². The Labute approximate surface area is 121 Å². The molecule has 6 heteroatoms. The van der Waals surface area contributed by atoms with Crippen molar-refractivity contribution in [3.8, 4) is 0 Å². The molecule has 0 radical (unpaired) electrons. The van der Waals surface area contributed by atoms with Crippen LogP contribution in [0.5, 0.6) is 0 Å². The van der Waals surface area contributed by atoms with Gasteiger partial charge in [-0.15, -0.1) is 0 Å². The first-order valence-corrected chi connectivity index (χ1v) is 6.53. The molecule has 1 amide bonds. The van der Waals surface area contributed by atoms with E-state index in [2.05, 4.69) is 15.3 Å². The fourth-order valence-corrected chi connectivity index (χ4v) is 2.05. The van der Waals surface area contributed by atoms with Gasteiger partial charge in [-0.25, -0.2) is 14.8 Å². The summed E-state index contributed by atoms with van der Waals surface area (Å²) in [6.07, 6.45) is 3.21. The van der Waals surface area contributed by atoms with E-state index in [0.29, 0.717) is 6.42 Å². The van der Waals surface area contributed by atoms with Crippen LogP contribution in [0.4, 0.5) is 5.82 Å². The number of hydrogen-bond donors (Lipinski definition) is 2. The Kier molecular flexibility index (Phi) is 4.61. The van der Waals surface area contributed by atoms with Crippen LogP contribution in [-0.2, 0) is 4.79 Å². The van der Waals surface area contributed by atoms with E-state index in [1.165, 1.54) is 12.4 Å². The summed E-state index contributed by atoms with van der Waals surface area (Å²) in [6.45, 7) is 1.89. The number of carboxylic acid groups (broad SMARTS) is 1. The molecular formula is C15H15N3O3. The number of amides is 1. The molecule has 0 saturated carbocycles. The van der Waals surface area contributed by atoms with Gasteiger partial charge < -0.3 is 10.4 Å². The van der Waals surface area contributed by atoms with Gasteiger partial charge in [-0.3, -0.25) is 4.79 Å². The monoisotopic (exact) mass is 285 g/mol. The van der Waals surface area contributed by atoms with Crippen LogP contribution < -0.4 is 5.32 Å². The molecule has 0 aliphatic rings. The number of carboxylic acids is 1. The van der Waals surface area contributed by atoms with Gasteiger partial charge in [0.1, 0.15) is 0 Å². The lowest BCUT2D eigenvalue weighted by Gasteiger charge is -2.15. The van der Waals surface area contributed by atoms with Crippen LogP contribution in [0.15, 0.2) is 42.7 Å². The predicted molar refractivity (Wildman–Crippen MR) is 77.1 cm³/mol. The number of benzene rings is 1. The Morgan fingerprint density at radius 1 is 1.19 bits per heavy atom. The molecule has 21 heavy (non-hydrogen) atoms. The van der Waals surface area contributed by atoms with E-state index in [9.17, 15) is 9.59 Å². The second-order valence-electron chi connectivity index (χ2n) is 4.42. The molecule has 0 bridgehead atoms. The summed E-state index contributed by atoms with van der Waals surface area (Å²) in [5.74, 6) is -1.93. The summed E-state index contributed by atoms with van der Waals surface area (Å²) in [5.41, 5.74) is 0.604. The molecule has 1 atom stereocenters. The molecule has 0 fully saturated rings. The summed E-state index contributed by atoms with van der Waals surface area (Å²) < 4.78 is 0. The second kappa shape index (κ2) is 6.60. The van der Waals surface area contributed by atoms with Crippen molar-refractivity contribution in [2.75, 3.05) is 5.32 Å². The fraction of sp³-hybridized carbons (Fsp3) is 0.200. The number of nitrogens with one attached hydrogen (secondary N) is 1. The Morgan fingerprint density at radius 3 is 2.48 bits per heavy atom. The molecule has 1 heterocycles. The number of carbonyl (C=O) groups excluding carboxylic acids is 1. The van der Waals surface area contributed by atoms with Crippen molar-refractivity contribution in [3.63, 3.8) is 0 Å². The summed E-state index contributed by atoms with van der Waals surface area (Å²) >= 11 is 0. The third-order valence-corrected chi connectivity index (χ3v) is 3.07. The predicted octanol–water partition coefficient (Wildman–Crippen LogP) is 2.31. The number of aromatic nitrogens is 2. The van der Waals surface area contributed by atoms with E-state index < -0.39 is 5.97 Å². The highest BCUT2D eigenvalue weighted by Crippen LogP contribution is 2.21. The van der Waals surface area contributed by atoms with Gasteiger partial charge in [0.15, 0.2) is 11.5 Å². The third kappa shape index (κ3) is 3.42. The largest absolute Gasteiger partial charge is 0.476 e. The molecule has 1 unspecified atom stereocenters. The molecular weight excluding hydrogens is 270 g/mol. The molecule has 6 nitrogen and oxygen atoms in total. The number of nitrogens with zero attached hydrogens (tertiary/aromatic N) is 2. The SMILES string of the molecule is CCC(C(=O)Nc1nccnc1C(=O)O)c1ccccc1. The minimum Gasteiger partial charge on any atom is -0.476 e. The smallest absolute Gasteiger partial charge is 0.358 e. The Bertz CT molecular complexity index is 644. The normalized spacial score (nSPS) is 11.7. The molecule has 1 aromatic heterocycles. The third-order valence-electron chi connectivity index (χ3n) is 3.07. The first-order valence-electron chi connectivity index (χ1n) is 6.53. The van der Waals surface area contributed by atoms with Gasteiger partial charge >= 0.3 is 5.97 Å². The van der Waals surface area contributed by atoms with Crippen molar-refractivity contribution in [1.82, 2.24) is 9.97 Å². The van der Waals surface area contributed by atoms with Crippen molar-refractivity contribution >= 4 is 17.7 Å². The zero-order chi connectivity index (χ0) is 15.2. The van der Waals surface area contributed by atoms with Crippen LogP contribution >= 0.6 is 0 Å². The fourth-order valence-electron chi connectivity index (χ4n) is 2.05. The maximum absolute atomic E-state index is 12.3. The summed E-state index contributed by atoms with van der Waals surface area (Å²) in [6, 6.07) is 9.32. The molecule has 0 aliphatic carbocycles. The first kappa shape index (κ1) is 14.6. The van der Waals surface area contributed by atoms with Crippen LogP contribution in [0.3, 0.4) is 0 Å². The molecule has 1 aromatic carbocycles. The number of aromatic carboxylic acids is 1. The van der Waals surface area contributed by atoms with Crippen molar-refractivity contribution in [1.29, 1.82) is 0 Å². The lowest BCUT2D eigenvalue weighted by Crippen LogP contribution is -2.23. The van der Waals surface area contributed by atoms with Gasteiger partial charge in [-0.2, -0.15) is 0 Å². The quantitative estimate of drug-likeness (QED) is 0.879. The molecule has 2 N–H and O–H groups in total. The number of anilines is 1. The second-order valence-corrected chi connectivity index (χ2v) is 4.42. The molecule has 0 aliphatic heterocycles. The topological polar surface area (TPSA) is 92.2 Å². The van der Waals surface area contributed by atoms with Gasteiger partial charge in [0.25, 0.3) is 0 Å².